The summed E-state index contributed by atoms with van der Waals surface area (Å²) in [6.45, 7) is 14.3. The van der Waals surface area contributed by atoms with E-state index in [-0.39, 0.29) is 29.4 Å². The van der Waals surface area contributed by atoms with Crippen molar-refractivity contribution in [2.24, 2.45) is 10.9 Å². The molecule has 0 spiro atoms. The maximum absolute atomic E-state index is 5.82. The molecule has 0 unspecified atom stereocenters. The first kappa shape index (κ1) is 20.3. The standard InChI is InChI=1S/C17H30N4O.HI/c1-6-18-16(21-9-7-13(2)8-10-21)20-12-15-19-11-14(22-15)17(3,4)5;/h11,13H,6-10,12H2,1-5H3,(H,18,20);1H. The first-order valence-corrected chi connectivity index (χ1v) is 8.38. The number of guanidine groups is 1. The molecule has 132 valence electrons. The molecule has 1 aliphatic heterocycles. The van der Waals surface area contributed by atoms with Gasteiger partial charge in [0.25, 0.3) is 0 Å². The molecule has 0 atom stereocenters. The Kier molecular flexibility index (Phi) is 7.83. The third-order valence-corrected chi connectivity index (χ3v) is 4.07. The van der Waals surface area contributed by atoms with Crippen LogP contribution < -0.4 is 5.32 Å². The van der Waals surface area contributed by atoms with Gasteiger partial charge in [-0.25, -0.2) is 9.98 Å². The van der Waals surface area contributed by atoms with Crippen LogP contribution in [-0.4, -0.2) is 35.5 Å². The molecule has 1 fully saturated rings. The number of likely N-dealkylation sites (tertiary alicyclic amines) is 1. The van der Waals surface area contributed by atoms with Crippen LogP contribution in [0, 0.1) is 5.92 Å². The highest BCUT2D eigenvalue weighted by Gasteiger charge is 2.20. The van der Waals surface area contributed by atoms with Gasteiger partial charge in [0.05, 0.1) is 6.20 Å². The largest absolute Gasteiger partial charge is 0.443 e. The van der Waals surface area contributed by atoms with Crippen molar-refractivity contribution in [3.8, 4) is 0 Å². The molecule has 0 radical (unpaired) electrons. The molecule has 0 aromatic carbocycles. The minimum Gasteiger partial charge on any atom is -0.443 e. The van der Waals surface area contributed by atoms with Gasteiger partial charge in [-0.2, -0.15) is 0 Å². The van der Waals surface area contributed by atoms with E-state index in [9.17, 15) is 0 Å². The summed E-state index contributed by atoms with van der Waals surface area (Å²) >= 11 is 0. The number of hydrogen-bond donors (Lipinski definition) is 1. The molecule has 0 amide bonds. The van der Waals surface area contributed by atoms with Crippen molar-refractivity contribution in [3.63, 3.8) is 0 Å². The summed E-state index contributed by atoms with van der Waals surface area (Å²) in [5.41, 5.74) is -0.0114. The molecular formula is C17H31IN4O. The fraction of sp³-hybridized carbons (Fsp3) is 0.765. The highest BCUT2D eigenvalue weighted by Crippen LogP contribution is 2.23. The summed E-state index contributed by atoms with van der Waals surface area (Å²) in [5, 5.41) is 3.38. The van der Waals surface area contributed by atoms with Crippen molar-refractivity contribution in [3.05, 3.63) is 17.8 Å². The smallest absolute Gasteiger partial charge is 0.216 e. The summed E-state index contributed by atoms with van der Waals surface area (Å²) in [4.78, 5) is 11.4. The third kappa shape index (κ3) is 5.97. The fourth-order valence-electron chi connectivity index (χ4n) is 2.52. The maximum Gasteiger partial charge on any atom is 0.216 e. The van der Waals surface area contributed by atoms with Gasteiger partial charge in [0.15, 0.2) is 5.96 Å². The minimum atomic E-state index is -0.0114. The van der Waals surface area contributed by atoms with E-state index in [0.29, 0.717) is 12.4 Å². The number of nitrogens with one attached hydrogen (secondary N) is 1. The molecule has 5 nitrogen and oxygen atoms in total. The van der Waals surface area contributed by atoms with Crippen molar-refractivity contribution in [2.75, 3.05) is 19.6 Å². The van der Waals surface area contributed by atoms with Crippen LogP contribution >= 0.6 is 24.0 Å². The number of oxazole rings is 1. The Hall–Kier alpha value is -0.790. The van der Waals surface area contributed by atoms with Gasteiger partial charge in [0.1, 0.15) is 12.3 Å². The molecule has 1 N–H and O–H groups in total. The van der Waals surface area contributed by atoms with Crippen molar-refractivity contribution in [1.82, 2.24) is 15.2 Å². The van der Waals surface area contributed by atoms with E-state index in [1.165, 1.54) is 12.8 Å². The molecule has 0 bridgehead atoms. The van der Waals surface area contributed by atoms with Crippen LogP contribution in [-0.2, 0) is 12.0 Å². The second-order valence-corrected chi connectivity index (χ2v) is 7.21. The number of halogens is 1. The number of aliphatic imine (C=N–C) groups is 1. The first-order valence-electron chi connectivity index (χ1n) is 8.38. The Morgan fingerprint density at radius 2 is 2.04 bits per heavy atom. The quantitative estimate of drug-likeness (QED) is 0.447. The fourth-order valence-corrected chi connectivity index (χ4v) is 2.52. The van der Waals surface area contributed by atoms with E-state index in [4.69, 9.17) is 9.41 Å². The van der Waals surface area contributed by atoms with Crippen molar-refractivity contribution in [1.29, 1.82) is 0 Å². The molecule has 1 aromatic heterocycles. The number of aromatic nitrogens is 1. The normalized spacial score (nSPS) is 17.1. The molecule has 1 aromatic rings. The summed E-state index contributed by atoms with van der Waals surface area (Å²) in [5.74, 6) is 3.39. The topological polar surface area (TPSA) is 53.7 Å². The number of hydrogen-bond acceptors (Lipinski definition) is 3. The Labute approximate surface area is 157 Å². The molecule has 0 aliphatic carbocycles. The van der Waals surface area contributed by atoms with E-state index >= 15 is 0 Å². The van der Waals surface area contributed by atoms with Gasteiger partial charge >= 0.3 is 0 Å². The molecule has 1 aliphatic rings. The maximum atomic E-state index is 5.82. The lowest BCUT2D eigenvalue weighted by Gasteiger charge is -2.32. The van der Waals surface area contributed by atoms with Crippen LogP contribution in [0.15, 0.2) is 15.6 Å². The predicted molar refractivity (Wildman–Crippen MR) is 105 cm³/mol. The van der Waals surface area contributed by atoms with Gasteiger partial charge in [0, 0.05) is 25.0 Å². The number of nitrogens with zero attached hydrogens (tertiary/aromatic N) is 3. The summed E-state index contributed by atoms with van der Waals surface area (Å²) in [6, 6.07) is 0. The first-order chi connectivity index (χ1) is 10.4. The summed E-state index contributed by atoms with van der Waals surface area (Å²) < 4.78 is 5.82. The van der Waals surface area contributed by atoms with Crippen LogP contribution in [0.5, 0.6) is 0 Å². The second kappa shape index (κ2) is 8.89. The average Bonchev–Trinajstić information content (AvgIpc) is 2.93. The lowest BCUT2D eigenvalue weighted by molar-refractivity contribution is 0.273. The van der Waals surface area contributed by atoms with Gasteiger partial charge in [-0.05, 0) is 25.7 Å². The van der Waals surface area contributed by atoms with Gasteiger partial charge in [0.2, 0.25) is 5.89 Å². The Balaban J connectivity index is 0.00000264. The molecule has 6 heteroatoms. The van der Waals surface area contributed by atoms with E-state index in [0.717, 1.165) is 37.3 Å². The average molecular weight is 434 g/mol. The van der Waals surface area contributed by atoms with E-state index in [1.807, 2.05) is 6.20 Å². The van der Waals surface area contributed by atoms with E-state index < -0.39 is 0 Å². The molecule has 23 heavy (non-hydrogen) atoms. The zero-order valence-electron chi connectivity index (χ0n) is 15.1. The van der Waals surface area contributed by atoms with Gasteiger partial charge in [-0.15, -0.1) is 24.0 Å². The minimum absolute atomic E-state index is 0. The summed E-state index contributed by atoms with van der Waals surface area (Å²) in [7, 11) is 0. The van der Waals surface area contributed by atoms with Crippen molar-refractivity contribution < 1.29 is 4.42 Å². The van der Waals surface area contributed by atoms with Crippen LogP contribution in [0.4, 0.5) is 0 Å². The second-order valence-electron chi connectivity index (χ2n) is 7.21. The van der Waals surface area contributed by atoms with Gasteiger partial charge in [-0.3, -0.25) is 0 Å². The Bertz CT molecular complexity index is 499. The van der Waals surface area contributed by atoms with Crippen LogP contribution in [0.25, 0.3) is 0 Å². The van der Waals surface area contributed by atoms with Crippen molar-refractivity contribution in [2.45, 2.75) is 59.4 Å². The van der Waals surface area contributed by atoms with Crippen LogP contribution in [0.3, 0.4) is 0 Å². The van der Waals surface area contributed by atoms with Crippen LogP contribution in [0.2, 0.25) is 0 Å². The monoisotopic (exact) mass is 434 g/mol. The van der Waals surface area contributed by atoms with E-state index in [2.05, 4.69) is 49.8 Å². The lowest BCUT2D eigenvalue weighted by atomic mass is 9.94. The number of piperidine rings is 1. The van der Waals surface area contributed by atoms with Gasteiger partial charge < -0.3 is 14.6 Å². The number of rotatable bonds is 3. The predicted octanol–water partition coefficient (Wildman–Crippen LogP) is 3.79. The van der Waals surface area contributed by atoms with Crippen molar-refractivity contribution >= 4 is 29.9 Å². The van der Waals surface area contributed by atoms with Crippen LogP contribution in [0.1, 0.15) is 59.1 Å². The zero-order chi connectivity index (χ0) is 16.2. The Morgan fingerprint density at radius 3 is 2.57 bits per heavy atom. The molecule has 2 heterocycles. The summed E-state index contributed by atoms with van der Waals surface area (Å²) in [6.07, 6.45) is 4.29. The molecule has 1 saturated heterocycles. The zero-order valence-corrected chi connectivity index (χ0v) is 17.4. The molecule has 0 saturated carbocycles. The van der Waals surface area contributed by atoms with Gasteiger partial charge in [-0.1, -0.05) is 27.7 Å². The molecular weight excluding hydrogens is 403 g/mol. The highest BCUT2D eigenvalue weighted by molar-refractivity contribution is 14.0. The lowest BCUT2D eigenvalue weighted by Crippen LogP contribution is -2.45. The SMILES string of the molecule is CCNC(=NCc1ncc(C(C)(C)C)o1)N1CCC(C)CC1.I. The Morgan fingerprint density at radius 1 is 1.39 bits per heavy atom. The molecule has 2 rings (SSSR count). The van der Waals surface area contributed by atoms with E-state index in [1.54, 1.807) is 0 Å². The highest BCUT2D eigenvalue weighted by atomic mass is 127. The third-order valence-electron chi connectivity index (χ3n) is 4.07.